The van der Waals surface area contributed by atoms with Gasteiger partial charge < -0.3 is 5.32 Å². The van der Waals surface area contributed by atoms with E-state index >= 15 is 0 Å². The molecule has 6 heteroatoms. The number of hydrogen-bond donors (Lipinski definition) is 1. The predicted molar refractivity (Wildman–Crippen MR) is 83.6 cm³/mol. The van der Waals surface area contributed by atoms with Crippen molar-refractivity contribution in [3.63, 3.8) is 0 Å². The molecule has 1 aliphatic rings. The van der Waals surface area contributed by atoms with Crippen molar-refractivity contribution in [1.29, 1.82) is 0 Å². The molecule has 2 rings (SSSR count). The van der Waals surface area contributed by atoms with Crippen LogP contribution >= 0.6 is 11.3 Å². The number of sulfonamides is 1. The lowest BCUT2D eigenvalue weighted by molar-refractivity contribution is 0.281. The molecule has 114 valence electrons. The van der Waals surface area contributed by atoms with Gasteiger partial charge in [0.25, 0.3) is 0 Å². The molecule has 0 aromatic carbocycles. The summed E-state index contributed by atoms with van der Waals surface area (Å²) in [6.45, 7) is 9.02. The number of aryl methyl sites for hydroxylation is 1. The summed E-state index contributed by atoms with van der Waals surface area (Å²) in [4.78, 5) is 2.49. The first-order chi connectivity index (χ1) is 9.45. The van der Waals surface area contributed by atoms with E-state index in [1.54, 1.807) is 15.6 Å². The minimum atomic E-state index is -3.31. The lowest BCUT2D eigenvalue weighted by atomic mass is 10.0. The first-order valence-corrected chi connectivity index (χ1v) is 9.51. The van der Waals surface area contributed by atoms with Gasteiger partial charge in [-0.25, -0.2) is 8.42 Å². The Hall–Kier alpha value is -0.430. The monoisotopic (exact) mass is 316 g/mol. The average Bonchev–Trinajstić information content (AvgIpc) is 2.78. The fraction of sp³-hybridized carbons (Fsp3) is 0.714. The molecule has 0 amide bonds. The van der Waals surface area contributed by atoms with Crippen LogP contribution in [-0.4, -0.2) is 32.4 Å². The smallest absolute Gasteiger partial charge is 0.244 e. The van der Waals surface area contributed by atoms with Gasteiger partial charge in [0.1, 0.15) is 0 Å². The number of nitrogens with zero attached hydrogens (tertiary/aromatic N) is 1. The molecule has 0 bridgehead atoms. The summed E-state index contributed by atoms with van der Waals surface area (Å²) in [6.07, 6.45) is 2.09. The van der Waals surface area contributed by atoms with E-state index in [4.69, 9.17) is 0 Å². The van der Waals surface area contributed by atoms with Crippen LogP contribution in [-0.2, 0) is 16.6 Å². The highest BCUT2D eigenvalue weighted by atomic mass is 32.2. The minimum absolute atomic E-state index is 0.457. The molecule has 1 saturated heterocycles. The molecule has 4 nitrogen and oxygen atoms in total. The fourth-order valence-corrected chi connectivity index (χ4v) is 5.79. The Bertz CT molecular complexity index is 552. The van der Waals surface area contributed by atoms with Crippen molar-refractivity contribution < 1.29 is 8.42 Å². The van der Waals surface area contributed by atoms with Crippen LogP contribution in [0.4, 0.5) is 0 Å². The van der Waals surface area contributed by atoms with Crippen LogP contribution < -0.4 is 5.32 Å². The first-order valence-electron chi connectivity index (χ1n) is 7.25. The molecule has 1 unspecified atom stereocenters. The first kappa shape index (κ1) is 15.9. The van der Waals surface area contributed by atoms with Crippen LogP contribution in [0.3, 0.4) is 0 Å². The third kappa shape index (κ3) is 3.42. The highest BCUT2D eigenvalue weighted by molar-refractivity contribution is 7.89. The molecule has 20 heavy (non-hydrogen) atoms. The number of piperidine rings is 1. The Balaban J connectivity index is 2.22. The topological polar surface area (TPSA) is 49.4 Å². The van der Waals surface area contributed by atoms with E-state index in [-0.39, 0.29) is 0 Å². The van der Waals surface area contributed by atoms with E-state index in [9.17, 15) is 8.42 Å². The molecule has 0 radical (unpaired) electrons. The Kier molecular flexibility index (Phi) is 5.23. The van der Waals surface area contributed by atoms with Gasteiger partial charge in [0, 0.05) is 29.4 Å². The number of hydrogen-bond acceptors (Lipinski definition) is 4. The molecule has 1 fully saturated rings. The Morgan fingerprint density at radius 3 is 2.90 bits per heavy atom. The summed E-state index contributed by atoms with van der Waals surface area (Å²) in [6, 6.07) is 1.84. The quantitative estimate of drug-likeness (QED) is 0.908. The molecule has 0 aliphatic carbocycles. The van der Waals surface area contributed by atoms with Crippen LogP contribution in [0.1, 0.15) is 36.4 Å². The highest BCUT2D eigenvalue weighted by Crippen LogP contribution is 2.30. The van der Waals surface area contributed by atoms with Gasteiger partial charge >= 0.3 is 0 Å². The maximum atomic E-state index is 12.8. The van der Waals surface area contributed by atoms with Crippen molar-refractivity contribution in [2.45, 2.75) is 45.1 Å². The van der Waals surface area contributed by atoms with E-state index < -0.39 is 10.0 Å². The van der Waals surface area contributed by atoms with Crippen LogP contribution in [0.2, 0.25) is 0 Å². The van der Waals surface area contributed by atoms with Crippen LogP contribution in [0.5, 0.6) is 0 Å². The second kappa shape index (κ2) is 6.56. The summed E-state index contributed by atoms with van der Waals surface area (Å²) in [7, 11) is -3.31. The van der Waals surface area contributed by atoms with Gasteiger partial charge in [-0.2, -0.15) is 4.31 Å². The normalized spacial score (nSPS) is 21.2. The van der Waals surface area contributed by atoms with Crippen molar-refractivity contribution in [2.75, 3.05) is 19.6 Å². The number of nitrogens with one attached hydrogen (secondary N) is 1. The van der Waals surface area contributed by atoms with Crippen LogP contribution in [0.15, 0.2) is 11.0 Å². The molecule has 1 N–H and O–H groups in total. The zero-order chi connectivity index (χ0) is 14.8. The Morgan fingerprint density at radius 2 is 2.25 bits per heavy atom. The van der Waals surface area contributed by atoms with Crippen molar-refractivity contribution >= 4 is 21.4 Å². The van der Waals surface area contributed by atoms with E-state index in [0.717, 1.165) is 35.7 Å². The molecular formula is C14H24N2O2S2. The maximum absolute atomic E-state index is 12.8. The molecule has 1 atom stereocenters. The van der Waals surface area contributed by atoms with E-state index in [1.165, 1.54) is 0 Å². The molecule has 1 aliphatic heterocycles. The lowest BCUT2D eigenvalue weighted by Gasteiger charge is -2.29. The van der Waals surface area contributed by atoms with Crippen LogP contribution in [0, 0.1) is 12.8 Å². The lowest BCUT2D eigenvalue weighted by Crippen LogP contribution is -2.39. The van der Waals surface area contributed by atoms with Gasteiger partial charge in [-0.15, -0.1) is 11.3 Å². The van der Waals surface area contributed by atoms with Gasteiger partial charge in [0.05, 0.1) is 4.90 Å². The van der Waals surface area contributed by atoms with Gasteiger partial charge in [0.2, 0.25) is 10.0 Å². The van der Waals surface area contributed by atoms with Crippen molar-refractivity contribution in [1.82, 2.24) is 9.62 Å². The maximum Gasteiger partial charge on any atom is 0.244 e. The second-order valence-electron chi connectivity index (χ2n) is 5.52. The summed E-state index contributed by atoms with van der Waals surface area (Å²) in [5.74, 6) is 0.457. The van der Waals surface area contributed by atoms with Crippen molar-refractivity contribution in [3.8, 4) is 0 Å². The molecule has 2 heterocycles. The van der Waals surface area contributed by atoms with Gasteiger partial charge in [-0.3, -0.25) is 0 Å². The van der Waals surface area contributed by atoms with E-state index in [1.807, 2.05) is 19.9 Å². The Labute approximate surface area is 126 Å². The summed E-state index contributed by atoms with van der Waals surface area (Å²) in [5.41, 5.74) is 0. The third-order valence-electron chi connectivity index (χ3n) is 3.71. The van der Waals surface area contributed by atoms with Crippen LogP contribution in [0.25, 0.3) is 0 Å². The summed E-state index contributed by atoms with van der Waals surface area (Å²) >= 11 is 1.58. The molecule has 1 aromatic rings. The summed E-state index contributed by atoms with van der Waals surface area (Å²) in [5, 5.41) is 3.25. The summed E-state index contributed by atoms with van der Waals surface area (Å²) < 4.78 is 27.2. The third-order valence-corrected chi connectivity index (χ3v) is 6.88. The largest absolute Gasteiger partial charge is 0.312 e. The Morgan fingerprint density at radius 1 is 1.50 bits per heavy atom. The standard InChI is InChI=1S/C14H24N2O2S2/c1-4-15-9-13-8-14(12(3)19-13)20(17,18)16-7-5-6-11(2)10-16/h8,11,15H,4-7,9-10H2,1-3H3. The average molecular weight is 316 g/mol. The predicted octanol–water partition coefficient (Wildman–Crippen LogP) is 2.59. The van der Waals surface area contributed by atoms with Gasteiger partial charge in [-0.05, 0) is 38.3 Å². The zero-order valence-corrected chi connectivity index (χ0v) is 14.1. The molecular weight excluding hydrogens is 292 g/mol. The molecule has 0 saturated carbocycles. The SMILES string of the molecule is CCNCc1cc(S(=O)(=O)N2CCCC(C)C2)c(C)s1. The van der Waals surface area contributed by atoms with E-state index in [0.29, 0.717) is 23.9 Å². The number of rotatable bonds is 5. The fourth-order valence-electron chi connectivity index (χ4n) is 2.62. The van der Waals surface area contributed by atoms with Crippen molar-refractivity contribution in [2.24, 2.45) is 5.92 Å². The highest BCUT2D eigenvalue weighted by Gasteiger charge is 2.30. The zero-order valence-electron chi connectivity index (χ0n) is 12.5. The van der Waals surface area contributed by atoms with Gasteiger partial charge in [-0.1, -0.05) is 13.8 Å². The molecule has 0 spiro atoms. The second-order valence-corrected chi connectivity index (χ2v) is 8.77. The molecule has 1 aromatic heterocycles. The van der Waals surface area contributed by atoms with Gasteiger partial charge in [0.15, 0.2) is 0 Å². The number of thiophene rings is 1. The minimum Gasteiger partial charge on any atom is -0.312 e. The van der Waals surface area contributed by atoms with E-state index in [2.05, 4.69) is 12.2 Å². The van der Waals surface area contributed by atoms with Crippen molar-refractivity contribution in [3.05, 3.63) is 15.8 Å².